The molecule has 0 radical (unpaired) electrons. The van der Waals surface area contributed by atoms with Crippen molar-refractivity contribution in [1.82, 2.24) is 9.97 Å². The van der Waals surface area contributed by atoms with Crippen molar-refractivity contribution in [3.8, 4) is 0 Å². The number of unbranched alkanes of at least 4 members (excludes halogenated alkanes) is 1. The molecule has 0 aliphatic heterocycles. The van der Waals surface area contributed by atoms with Crippen molar-refractivity contribution in [3.05, 3.63) is 10.3 Å². The highest BCUT2D eigenvalue weighted by molar-refractivity contribution is 7.99. The molecule has 0 atom stereocenters. The number of thioether (sulfide) groups is 1. The van der Waals surface area contributed by atoms with Crippen molar-refractivity contribution in [1.29, 1.82) is 0 Å². The lowest BCUT2D eigenvalue weighted by molar-refractivity contribution is 0.888. The fraction of sp³-hybridized carbons (Fsp3) is 0.500. The highest BCUT2D eigenvalue weighted by Crippen LogP contribution is 2.27. The van der Waals surface area contributed by atoms with Crippen LogP contribution in [0, 0.1) is 0 Å². The van der Waals surface area contributed by atoms with Crippen LogP contribution in [0.3, 0.4) is 0 Å². The number of hydrogen-bond acceptors (Lipinski definition) is 4. The predicted octanol–water partition coefficient (Wildman–Crippen LogP) is 3.26. The molecule has 0 aliphatic rings. The lowest BCUT2D eigenvalue weighted by Crippen LogP contribution is -1.96. The Balaban J connectivity index is 2.69. The van der Waals surface area contributed by atoms with Crippen LogP contribution < -0.4 is 5.73 Å². The second-order valence-corrected chi connectivity index (χ2v) is 4.48. The van der Waals surface area contributed by atoms with Crippen LogP contribution in [0.2, 0.25) is 10.3 Å². The van der Waals surface area contributed by atoms with E-state index < -0.39 is 0 Å². The molecule has 6 heteroatoms. The van der Waals surface area contributed by atoms with E-state index in [0.717, 1.165) is 18.6 Å². The molecule has 1 aromatic heterocycles. The fourth-order valence-electron chi connectivity index (χ4n) is 0.771. The summed E-state index contributed by atoms with van der Waals surface area (Å²) in [5.41, 5.74) is 5.75. The Morgan fingerprint density at radius 1 is 1.29 bits per heavy atom. The number of nitrogens with zero attached hydrogens (tertiary/aromatic N) is 2. The van der Waals surface area contributed by atoms with Crippen LogP contribution in [0.25, 0.3) is 0 Å². The smallest absolute Gasteiger partial charge is 0.190 e. The summed E-state index contributed by atoms with van der Waals surface area (Å²) in [6, 6.07) is 0. The number of anilines is 1. The molecule has 0 saturated heterocycles. The molecule has 3 nitrogen and oxygen atoms in total. The highest BCUT2D eigenvalue weighted by atomic mass is 35.5. The van der Waals surface area contributed by atoms with Crippen molar-refractivity contribution in [3.63, 3.8) is 0 Å². The number of halogens is 2. The molecule has 1 heterocycles. The van der Waals surface area contributed by atoms with Gasteiger partial charge in [0.2, 0.25) is 0 Å². The minimum atomic E-state index is 0.226. The van der Waals surface area contributed by atoms with E-state index in [-0.39, 0.29) is 16.0 Å². The molecule has 1 rings (SSSR count). The van der Waals surface area contributed by atoms with Gasteiger partial charge in [-0.1, -0.05) is 48.3 Å². The summed E-state index contributed by atoms with van der Waals surface area (Å²) < 4.78 is 0. The molecule has 0 amide bonds. The summed E-state index contributed by atoms with van der Waals surface area (Å²) in [4.78, 5) is 8.03. The Labute approximate surface area is 97.4 Å². The van der Waals surface area contributed by atoms with Gasteiger partial charge in [0.1, 0.15) is 5.69 Å². The molecular weight excluding hydrogens is 241 g/mol. The maximum Gasteiger partial charge on any atom is 0.190 e. The van der Waals surface area contributed by atoms with Gasteiger partial charge in [0.25, 0.3) is 0 Å². The minimum Gasteiger partial charge on any atom is -0.394 e. The van der Waals surface area contributed by atoms with E-state index >= 15 is 0 Å². The Morgan fingerprint density at radius 3 is 2.36 bits per heavy atom. The average molecular weight is 252 g/mol. The third kappa shape index (κ3) is 3.19. The Morgan fingerprint density at radius 2 is 1.86 bits per heavy atom. The Bertz CT molecular complexity index is 296. The van der Waals surface area contributed by atoms with Gasteiger partial charge in [-0.2, -0.15) is 0 Å². The van der Waals surface area contributed by atoms with Crippen molar-refractivity contribution in [2.75, 3.05) is 11.5 Å². The van der Waals surface area contributed by atoms with Gasteiger partial charge < -0.3 is 5.73 Å². The third-order valence-corrected chi connectivity index (χ3v) is 3.07. The fourth-order valence-corrected chi connectivity index (χ4v) is 2.19. The van der Waals surface area contributed by atoms with Crippen molar-refractivity contribution < 1.29 is 0 Å². The molecule has 0 saturated carbocycles. The minimum absolute atomic E-state index is 0.226. The first-order valence-electron chi connectivity index (χ1n) is 4.26. The van der Waals surface area contributed by atoms with Gasteiger partial charge in [-0.15, -0.1) is 0 Å². The first-order valence-corrected chi connectivity index (χ1v) is 6.00. The number of rotatable bonds is 4. The highest BCUT2D eigenvalue weighted by Gasteiger charge is 2.08. The van der Waals surface area contributed by atoms with Gasteiger partial charge in [0, 0.05) is 5.75 Å². The zero-order valence-electron chi connectivity index (χ0n) is 7.76. The van der Waals surface area contributed by atoms with Crippen LogP contribution in [0.1, 0.15) is 19.8 Å². The van der Waals surface area contributed by atoms with Gasteiger partial charge in [0.15, 0.2) is 15.5 Å². The molecule has 0 spiro atoms. The third-order valence-electron chi connectivity index (χ3n) is 1.56. The van der Waals surface area contributed by atoms with Gasteiger partial charge in [0.05, 0.1) is 0 Å². The molecule has 0 fully saturated rings. The number of aromatic nitrogens is 2. The molecule has 1 aromatic rings. The van der Waals surface area contributed by atoms with E-state index in [1.54, 1.807) is 0 Å². The lowest BCUT2D eigenvalue weighted by Gasteiger charge is -2.03. The van der Waals surface area contributed by atoms with Gasteiger partial charge in [-0.05, 0) is 6.42 Å². The van der Waals surface area contributed by atoms with Crippen LogP contribution in [0.5, 0.6) is 0 Å². The SMILES string of the molecule is CCCCSc1nc(Cl)c(N)c(Cl)n1. The van der Waals surface area contributed by atoms with Gasteiger partial charge in [-0.25, -0.2) is 9.97 Å². The summed E-state index contributed by atoms with van der Waals surface area (Å²) in [5.74, 6) is 0.965. The molecule has 0 aliphatic carbocycles. The number of hydrogen-bond donors (Lipinski definition) is 1. The average Bonchev–Trinajstić information content (AvgIpc) is 2.14. The zero-order valence-corrected chi connectivity index (χ0v) is 10.1. The topological polar surface area (TPSA) is 51.8 Å². The van der Waals surface area contributed by atoms with Crippen LogP contribution >= 0.6 is 35.0 Å². The quantitative estimate of drug-likeness (QED) is 0.387. The van der Waals surface area contributed by atoms with Crippen LogP contribution in [0.4, 0.5) is 5.69 Å². The van der Waals surface area contributed by atoms with Crippen LogP contribution in [0.15, 0.2) is 5.16 Å². The largest absolute Gasteiger partial charge is 0.394 e. The Kier molecular flexibility index (Phi) is 4.78. The van der Waals surface area contributed by atoms with Gasteiger partial charge in [-0.3, -0.25) is 0 Å². The summed E-state index contributed by atoms with van der Waals surface area (Å²) in [7, 11) is 0. The van der Waals surface area contributed by atoms with E-state index in [1.165, 1.54) is 11.8 Å². The maximum atomic E-state index is 5.76. The molecule has 0 aromatic carbocycles. The van der Waals surface area contributed by atoms with Crippen molar-refractivity contribution in [2.45, 2.75) is 24.9 Å². The first kappa shape index (κ1) is 11.9. The first-order chi connectivity index (χ1) is 6.65. The van der Waals surface area contributed by atoms with Crippen molar-refractivity contribution in [2.24, 2.45) is 0 Å². The molecule has 2 N–H and O–H groups in total. The second-order valence-electron chi connectivity index (χ2n) is 2.70. The Hall–Kier alpha value is -0.190. The second kappa shape index (κ2) is 5.63. The number of nitrogen functional groups attached to an aromatic ring is 1. The van der Waals surface area contributed by atoms with Crippen molar-refractivity contribution >= 4 is 40.7 Å². The van der Waals surface area contributed by atoms with E-state index in [9.17, 15) is 0 Å². The van der Waals surface area contributed by atoms with E-state index in [1.807, 2.05) is 0 Å². The molecule has 0 unspecified atom stereocenters. The molecule has 14 heavy (non-hydrogen) atoms. The molecular formula is C8H11Cl2N3S. The van der Waals surface area contributed by atoms with Crippen LogP contribution in [-0.2, 0) is 0 Å². The van der Waals surface area contributed by atoms with Crippen LogP contribution in [-0.4, -0.2) is 15.7 Å². The van der Waals surface area contributed by atoms with E-state index in [2.05, 4.69) is 16.9 Å². The standard InChI is InChI=1S/C8H11Cl2N3S/c1-2-3-4-14-8-12-6(9)5(11)7(10)13-8/h2-4,11H2,1H3. The van der Waals surface area contributed by atoms with E-state index in [0.29, 0.717) is 5.16 Å². The monoisotopic (exact) mass is 251 g/mol. The lowest BCUT2D eigenvalue weighted by atomic mass is 10.4. The normalized spacial score (nSPS) is 10.5. The zero-order chi connectivity index (χ0) is 10.6. The summed E-state index contributed by atoms with van der Waals surface area (Å²) in [6.45, 7) is 2.13. The predicted molar refractivity (Wildman–Crippen MR) is 62.1 cm³/mol. The summed E-state index contributed by atoms with van der Waals surface area (Å²) in [6.07, 6.45) is 2.26. The maximum absolute atomic E-state index is 5.76. The molecule has 78 valence electrons. The number of nitrogens with two attached hydrogens (primary N) is 1. The summed E-state index contributed by atoms with van der Waals surface area (Å²) in [5, 5.41) is 1.04. The summed E-state index contributed by atoms with van der Waals surface area (Å²) >= 11 is 13.1. The molecule has 0 bridgehead atoms. The van der Waals surface area contributed by atoms with E-state index in [4.69, 9.17) is 28.9 Å². The van der Waals surface area contributed by atoms with Gasteiger partial charge >= 0.3 is 0 Å².